The van der Waals surface area contributed by atoms with Crippen molar-refractivity contribution < 1.29 is 9.53 Å². The third kappa shape index (κ3) is 3.08. The monoisotopic (exact) mass is 335 g/mol. The average molecular weight is 335 g/mol. The predicted octanol–water partition coefficient (Wildman–Crippen LogP) is 1.92. The number of fused-ring (bicyclic) bond motifs is 1. The number of hydrogen-bond acceptors (Lipinski definition) is 5. The van der Waals surface area contributed by atoms with E-state index in [1.54, 1.807) is 10.7 Å². The quantitative estimate of drug-likeness (QED) is 0.788. The third-order valence-corrected chi connectivity index (χ3v) is 4.10. The van der Waals surface area contributed by atoms with Crippen molar-refractivity contribution in [3.63, 3.8) is 0 Å². The molecule has 2 heterocycles. The summed E-state index contributed by atoms with van der Waals surface area (Å²) >= 11 is 0. The Bertz CT molecular complexity index is 907. The number of rotatable bonds is 4. The van der Waals surface area contributed by atoms with Crippen LogP contribution in [-0.2, 0) is 13.0 Å². The Labute approximate surface area is 144 Å². The fraction of sp³-hybridized carbons (Fsp3) is 0.222. The minimum absolute atomic E-state index is 0.156. The molecule has 0 radical (unpaired) electrons. The molecule has 1 amide bonds. The number of nitrogens with zero attached hydrogens (tertiary/aromatic N) is 4. The molecule has 1 aromatic heterocycles. The van der Waals surface area contributed by atoms with Crippen LogP contribution in [0.4, 0.5) is 0 Å². The van der Waals surface area contributed by atoms with Crippen LogP contribution in [0.15, 0.2) is 48.5 Å². The molecule has 7 nitrogen and oxygen atoms in total. The number of carbonyl (C=O) groups excluding carboxylic acids is 1. The normalized spacial score (nSPS) is 15.5. The van der Waals surface area contributed by atoms with E-state index in [1.807, 2.05) is 49.4 Å². The number of nitrogens with one attached hydrogen (secondary N) is 1. The Hall–Kier alpha value is -3.22. The lowest BCUT2D eigenvalue weighted by atomic mass is 10.1. The lowest BCUT2D eigenvalue weighted by molar-refractivity contribution is 0.0949. The van der Waals surface area contributed by atoms with Crippen LogP contribution in [0, 0.1) is 0 Å². The van der Waals surface area contributed by atoms with Crippen LogP contribution in [0.2, 0.25) is 0 Å². The van der Waals surface area contributed by atoms with Gasteiger partial charge in [0.2, 0.25) is 0 Å². The molecule has 25 heavy (non-hydrogen) atoms. The van der Waals surface area contributed by atoms with E-state index in [4.69, 9.17) is 4.74 Å². The van der Waals surface area contributed by atoms with Gasteiger partial charge in [0.1, 0.15) is 11.9 Å². The van der Waals surface area contributed by atoms with Gasteiger partial charge in [0.25, 0.3) is 5.91 Å². The molecule has 4 rings (SSSR count). The van der Waals surface area contributed by atoms with Crippen molar-refractivity contribution in [3.05, 3.63) is 65.5 Å². The van der Waals surface area contributed by atoms with E-state index < -0.39 is 0 Å². The highest BCUT2D eigenvalue weighted by Gasteiger charge is 2.20. The van der Waals surface area contributed by atoms with Crippen LogP contribution >= 0.6 is 0 Å². The number of tetrazole rings is 1. The van der Waals surface area contributed by atoms with Crippen molar-refractivity contribution >= 4 is 5.91 Å². The Balaban J connectivity index is 1.47. The number of ether oxygens (including phenoxy) is 1. The highest BCUT2D eigenvalue weighted by molar-refractivity contribution is 5.94. The molecule has 0 saturated carbocycles. The summed E-state index contributed by atoms with van der Waals surface area (Å²) in [4.78, 5) is 12.4. The maximum atomic E-state index is 12.4. The van der Waals surface area contributed by atoms with Gasteiger partial charge in [-0.25, -0.2) is 0 Å². The zero-order chi connectivity index (χ0) is 17.2. The number of carbonyl (C=O) groups is 1. The predicted molar refractivity (Wildman–Crippen MR) is 90.6 cm³/mol. The number of amides is 1. The Morgan fingerprint density at radius 1 is 1.28 bits per heavy atom. The van der Waals surface area contributed by atoms with Gasteiger partial charge < -0.3 is 10.1 Å². The summed E-state index contributed by atoms with van der Waals surface area (Å²) in [7, 11) is 0. The Morgan fingerprint density at radius 3 is 2.96 bits per heavy atom. The summed E-state index contributed by atoms with van der Waals surface area (Å²) in [6, 6.07) is 15.1. The molecule has 0 bridgehead atoms. The number of para-hydroxylation sites is 1. The van der Waals surface area contributed by atoms with Gasteiger partial charge in [-0.3, -0.25) is 4.79 Å². The first kappa shape index (κ1) is 15.3. The topological polar surface area (TPSA) is 81.9 Å². The van der Waals surface area contributed by atoms with Gasteiger partial charge in [0.15, 0.2) is 5.82 Å². The van der Waals surface area contributed by atoms with E-state index in [-0.39, 0.29) is 18.6 Å². The van der Waals surface area contributed by atoms with Gasteiger partial charge in [-0.05, 0) is 53.2 Å². The van der Waals surface area contributed by atoms with Crippen molar-refractivity contribution in [3.8, 4) is 11.4 Å². The van der Waals surface area contributed by atoms with E-state index in [2.05, 4.69) is 20.8 Å². The van der Waals surface area contributed by atoms with Gasteiger partial charge >= 0.3 is 0 Å². The Morgan fingerprint density at radius 2 is 2.12 bits per heavy atom. The first-order valence-corrected chi connectivity index (χ1v) is 8.11. The Kier molecular flexibility index (Phi) is 3.89. The molecule has 1 atom stereocenters. The molecular formula is C18H17N5O2. The van der Waals surface area contributed by atoms with E-state index in [9.17, 15) is 4.79 Å². The summed E-state index contributed by atoms with van der Waals surface area (Å²) < 4.78 is 7.27. The van der Waals surface area contributed by atoms with Gasteiger partial charge in [0.05, 0.1) is 12.2 Å². The first-order chi connectivity index (χ1) is 12.2. The van der Waals surface area contributed by atoms with Crippen molar-refractivity contribution in [2.45, 2.75) is 26.0 Å². The molecule has 126 valence electrons. The summed E-state index contributed by atoms with van der Waals surface area (Å²) in [6.45, 7) is 2.26. The van der Waals surface area contributed by atoms with Gasteiger partial charge in [-0.2, -0.15) is 4.68 Å². The molecule has 7 heteroatoms. The molecule has 1 aliphatic rings. The fourth-order valence-electron chi connectivity index (χ4n) is 2.91. The molecule has 3 aromatic rings. The van der Waals surface area contributed by atoms with E-state index in [0.29, 0.717) is 11.4 Å². The van der Waals surface area contributed by atoms with E-state index in [0.717, 1.165) is 23.4 Å². The maximum Gasteiger partial charge on any atom is 0.251 e. The number of hydrogen-bond donors (Lipinski definition) is 1. The first-order valence-electron chi connectivity index (χ1n) is 8.11. The largest absolute Gasteiger partial charge is 0.490 e. The number of aromatic nitrogens is 4. The average Bonchev–Trinajstić information content (AvgIpc) is 3.24. The van der Waals surface area contributed by atoms with Crippen LogP contribution in [0.5, 0.6) is 5.75 Å². The zero-order valence-corrected chi connectivity index (χ0v) is 13.7. The molecule has 0 unspecified atom stereocenters. The minimum Gasteiger partial charge on any atom is -0.490 e. The minimum atomic E-state index is -0.162. The lowest BCUT2D eigenvalue weighted by Gasteiger charge is -2.07. The van der Waals surface area contributed by atoms with Crippen molar-refractivity contribution in [2.75, 3.05) is 0 Å². The zero-order valence-electron chi connectivity index (χ0n) is 13.7. The SMILES string of the molecule is C[C@@H]1Cc2cc(C(=O)NCc3nnnn3-c3ccccc3)ccc2O1. The van der Waals surface area contributed by atoms with Crippen molar-refractivity contribution in [2.24, 2.45) is 0 Å². The third-order valence-electron chi connectivity index (χ3n) is 4.10. The van der Waals surface area contributed by atoms with Crippen molar-refractivity contribution in [1.82, 2.24) is 25.5 Å². The summed E-state index contributed by atoms with van der Waals surface area (Å²) in [5.41, 5.74) is 2.52. The second-order valence-corrected chi connectivity index (χ2v) is 5.98. The second kappa shape index (κ2) is 6.35. The van der Waals surface area contributed by atoms with Crippen LogP contribution in [0.3, 0.4) is 0 Å². The number of benzene rings is 2. The van der Waals surface area contributed by atoms with Gasteiger partial charge in [-0.1, -0.05) is 18.2 Å². The van der Waals surface area contributed by atoms with Crippen LogP contribution in [-0.4, -0.2) is 32.2 Å². The highest BCUT2D eigenvalue weighted by Crippen LogP contribution is 2.29. The molecule has 2 aromatic carbocycles. The van der Waals surface area contributed by atoms with E-state index in [1.165, 1.54) is 0 Å². The standard InChI is InChI=1S/C18H17N5O2/c1-12-9-14-10-13(7-8-16(14)25-12)18(24)19-11-17-20-21-22-23(17)15-5-3-2-4-6-15/h2-8,10,12H,9,11H2,1H3,(H,19,24)/t12-/m1/s1. The highest BCUT2D eigenvalue weighted by atomic mass is 16.5. The second-order valence-electron chi connectivity index (χ2n) is 5.98. The maximum absolute atomic E-state index is 12.4. The molecular weight excluding hydrogens is 318 g/mol. The smallest absolute Gasteiger partial charge is 0.251 e. The van der Waals surface area contributed by atoms with Gasteiger partial charge in [-0.15, -0.1) is 5.10 Å². The summed E-state index contributed by atoms with van der Waals surface area (Å²) in [5, 5.41) is 14.5. The van der Waals surface area contributed by atoms with Crippen LogP contribution in [0.1, 0.15) is 28.7 Å². The van der Waals surface area contributed by atoms with Gasteiger partial charge in [0, 0.05) is 12.0 Å². The fourth-order valence-corrected chi connectivity index (χ4v) is 2.91. The molecule has 0 spiro atoms. The van der Waals surface area contributed by atoms with E-state index >= 15 is 0 Å². The molecule has 0 saturated heterocycles. The molecule has 1 aliphatic heterocycles. The lowest BCUT2D eigenvalue weighted by Crippen LogP contribution is -2.24. The van der Waals surface area contributed by atoms with Crippen LogP contribution in [0.25, 0.3) is 5.69 Å². The summed E-state index contributed by atoms with van der Waals surface area (Å²) in [6.07, 6.45) is 0.978. The molecule has 1 N–H and O–H groups in total. The van der Waals surface area contributed by atoms with Crippen molar-refractivity contribution in [1.29, 1.82) is 0 Å². The summed E-state index contributed by atoms with van der Waals surface area (Å²) in [5.74, 6) is 1.26. The molecule has 0 aliphatic carbocycles. The van der Waals surface area contributed by atoms with Crippen LogP contribution < -0.4 is 10.1 Å². The molecule has 0 fully saturated rings.